The van der Waals surface area contributed by atoms with Crippen LogP contribution in [0, 0.1) is 0 Å². The molecule has 0 aliphatic carbocycles. The minimum absolute atomic E-state index is 0.243. The Morgan fingerprint density at radius 2 is 1.83 bits per heavy atom. The molecule has 6 heteroatoms. The number of nitrogens with zero attached hydrogens (tertiary/aromatic N) is 2. The maximum absolute atomic E-state index is 11.4. The second kappa shape index (κ2) is 2.37. The van der Waals surface area contributed by atoms with Gasteiger partial charge in [-0.05, 0) is 13.8 Å². The average Bonchev–Trinajstić information content (AvgIpc) is 1.96. The van der Waals surface area contributed by atoms with Crippen molar-refractivity contribution in [3.8, 4) is 0 Å². The predicted molar refractivity (Wildman–Crippen MR) is 43.5 cm³/mol. The highest BCUT2D eigenvalue weighted by Gasteiger charge is 2.43. The Labute approximate surface area is 71.9 Å². The standard InChI is InChI=1S/C6H12N2O3S/c1-6(2)7(3)4-5-8(9)12(6,10)11/h4-5,9H,1-3H3. The molecule has 0 atom stereocenters. The van der Waals surface area contributed by atoms with E-state index in [0.29, 0.717) is 0 Å². The van der Waals surface area contributed by atoms with Gasteiger partial charge in [0.25, 0.3) is 10.0 Å². The van der Waals surface area contributed by atoms with E-state index in [1.807, 2.05) is 0 Å². The predicted octanol–water partition coefficient (Wildman–Crippen LogP) is 0.160. The summed E-state index contributed by atoms with van der Waals surface area (Å²) < 4.78 is 23.1. The van der Waals surface area contributed by atoms with E-state index in [-0.39, 0.29) is 4.47 Å². The maximum Gasteiger partial charge on any atom is 0.280 e. The minimum Gasteiger partial charge on any atom is -0.359 e. The summed E-state index contributed by atoms with van der Waals surface area (Å²) in [5.41, 5.74) is 0. The fourth-order valence-corrected chi connectivity index (χ4v) is 1.92. The average molecular weight is 192 g/mol. The third kappa shape index (κ3) is 0.987. The Bertz CT molecular complexity index is 307. The lowest BCUT2D eigenvalue weighted by Gasteiger charge is -2.39. The Hall–Kier alpha value is -0.750. The van der Waals surface area contributed by atoms with Crippen LogP contribution in [0.1, 0.15) is 13.8 Å². The van der Waals surface area contributed by atoms with Gasteiger partial charge >= 0.3 is 0 Å². The zero-order valence-electron chi connectivity index (χ0n) is 7.22. The SMILES string of the molecule is CN1C=CN(O)S(=O)(=O)C1(C)C. The van der Waals surface area contributed by atoms with Crippen molar-refractivity contribution in [2.75, 3.05) is 7.05 Å². The van der Waals surface area contributed by atoms with Crippen molar-refractivity contribution in [3.05, 3.63) is 12.4 Å². The summed E-state index contributed by atoms with van der Waals surface area (Å²) in [6.07, 6.45) is 2.60. The molecule has 1 aliphatic heterocycles. The van der Waals surface area contributed by atoms with E-state index in [0.717, 1.165) is 6.20 Å². The van der Waals surface area contributed by atoms with Crippen molar-refractivity contribution in [3.63, 3.8) is 0 Å². The van der Waals surface area contributed by atoms with Gasteiger partial charge in [-0.1, -0.05) is 0 Å². The largest absolute Gasteiger partial charge is 0.359 e. The summed E-state index contributed by atoms with van der Waals surface area (Å²) in [6.45, 7) is 3.05. The number of sulfonamides is 1. The van der Waals surface area contributed by atoms with Gasteiger partial charge in [0.05, 0.1) is 6.20 Å². The third-order valence-corrected chi connectivity index (χ3v) is 4.31. The van der Waals surface area contributed by atoms with Gasteiger partial charge in [-0.15, -0.1) is 0 Å². The Balaban J connectivity index is 3.26. The van der Waals surface area contributed by atoms with E-state index in [1.165, 1.54) is 24.9 Å². The van der Waals surface area contributed by atoms with Crippen molar-refractivity contribution in [1.29, 1.82) is 0 Å². The minimum atomic E-state index is -3.66. The number of hydroxylamine groups is 1. The molecule has 0 aromatic heterocycles. The van der Waals surface area contributed by atoms with Gasteiger partial charge in [0.1, 0.15) is 0 Å². The number of hydrogen-bond acceptors (Lipinski definition) is 4. The van der Waals surface area contributed by atoms with Gasteiger partial charge < -0.3 is 4.90 Å². The highest BCUT2D eigenvalue weighted by molar-refractivity contribution is 7.90. The molecular formula is C6H12N2O3S. The summed E-state index contributed by atoms with van der Waals surface area (Å²) in [5.74, 6) is 0. The zero-order valence-corrected chi connectivity index (χ0v) is 8.04. The van der Waals surface area contributed by atoms with Crippen LogP contribution >= 0.6 is 0 Å². The Kier molecular flexibility index (Phi) is 1.84. The van der Waals surface area contributed by atoms with Crippen LogP contribution in [0.5, 0.6) is 0 Å². The summed E-state index contributed by atoms with van der Waals surface area (Å²) in [5, 5.41) is 9.02. The Morgan fingerprint density at radius 1 is 1.33 bits per heavy atom. The van der Waals surface area contributed by atoms with Gasteiger partial charge in [-0.3, -0.25) is 5.21 Å². The van der Waals surface area contributed by atoms with Crippen LogP contribution in [-0.2, 0) is 10.0 Å². The van der Waals surface area contributed by atoms with E-state index in [4.69, 9.17) is 5.21 Å². The molecule has 1 aliphatic rings. The second-order valence-electron chi connectivity index (χ2n) is 3.13. The van der Waals surface area contributed by atoms with E-state index in [2.05, 4.69) is 0 Å². The third-order valence-electron chi connectivity index (χ3n) is 2.14. The lowest BCUT2D eigenvalue weighted by molar-refractivity contribution is 0.0380. The van der Waals surface area contributed by atoms with Gasteiger partial charge in [0.15, 0.2) is 4.87 Å². The molecule has 0 aromatic carbocycles. The van der Waals surface area contributed by atoms with E-state index >= 15 is 0 Å². The molecule has 0 aromatic rings. The highest BCUT2D eigenvalue weighted by atomic mass is 32.2. The fraction of sp³-hybridized carbons (Fsp3) is 0.667. The van der Waals surface area contributed by atoms with Crippen LogP contribution in [0.3, 0.4) is 0 Å². The number of rotatable bonds is 0. The Morgan fingerprint density at radius 3 is 2.25 bits per heavy atom. The molecule has 1 N–H and O–H groups in total. The summed E-state index contributed by atoms with van der Waals surface area (Å²) in [7, 11) is -2.02. The molecule has 5 nitrogen and oxygen atoms in total. The highest BCUT2D eigenvalue weighted by Crippen LogP contribution is 2.27. The van der Waals surface area contributed by atoms with Gasteiger partial charge in [0.2, 0.25) is 0 Å². The van der Waals surface area contributed by atoms with Crippen LogP contribution in [0.25, 0.3) is 0 Å². The first-order valence-corrected chi connectivity index (χ1v) is 4.88. The first-order valence-electron chi connectivity index (χ1n) is 3.44. The zero-order chi connectivity index (χ0) is 9.57. The summed E-state index contributed by atoms with van der Waals surface area (Å²) >= 11 is 0. The monoisotopic (exact) mass is 192 g/mol. The molecule has 0 fully saturated rings. The molecular weight excluding hydrogens is 180 g/mol. The molecule has 0 radical (unpaired) electrons. The van der Waals surface area contributed by atoms with Crippen molar-refractivity contribution >= 4 is 10.0 Å². The molecule has 0 saturated carbocycles. The van der Waals surface area contributed by atoms with Crippen molar-refractivity contribution in [2.45, 2.75) is 18.7 Å². The molecule has 1 rings (SSSR count). The quantitative estimate of drug-likeness (QED) is 0.594. The van der Waals surface area contributed by atoms with Gasteiger partial charge in [0, 0.05) is 13.2 Å². The van der Waals surface area contributed by atoms with E-state index < -0.39 is 14.9 Å². The van der Waals surface area contributed by atoms with Crippen molar-refractivity contribution < 1.29 is 13.6 Å². The second-order valence-corrected chi connectivity index (χ2v) is 5.46. The normalized spacial score (nSPS) is 26.0. The first kappa shape index (κ1) is 9.34. The molecule has 0 bridgehead atoms. The lowest BCUT2D eigenvalue weighted by Crippen LogP contribution is -2.52. The maximum atomic E-state index is 11.4. The molecule has 1 heterocycles. The molecule has 70 valence electrons. The van der Waals surface area contributed by atoms with Gasteiger partial charge in [-0.25, -0.2) is 8.42 Å². The van der Waals surface area contributed by atoms with Gasteiger partial charge in [-0.2, -0.15) is 4.47 Å². The summed E-state index contributed by atoms with van der Waals surface area (Å²) in [6, 6.07) is 0. The van der Waals surface area contributed by atoms with E-state index in [1.54, 1.807) is 7.05 Å². The lowest BCUT2D eigenvalue weighted by atomic mass is 10.3. The van der Waals surface area contributed by atoms with Crippen molar-refractivity contribution in [2.24, 2.45) is 0 Å². The number of hydrogen-bond donors (Lipinski definition) is 1. The molecule has 0 saturated heterocycles. The summed E-state index contributed by atoms with van der Waals surface area (Å²) in [4.78, 5) is 0.422. The van der Waals surface area contributed by atoms with Crippen LogP contribution in [-0.4, -0.2) is 34.9 Å². The van der Waals surface area contributed by atoms with Crippen molar-refractivity contribution in [1.82, 2.24) is 9.37 Å². The topological polar surface area (TPSA) is 60.9 Å². The first-order chi connectivity index (χ1) is 5.30. The van der Waals surface area contributed by atoms with E-state index in [9.17, 15) is 8.42 Å². The molecule has 0 unspecified atom stereocenters. The molecule has 12 heavy (non-hydrogen) atoms. The molecule has 0 spiro atoms. The molecule has 0 amide bonds. The van der Waals surface area contributed by atoms with Crippen LogP contribution in [0.15, 0.2) is 12.4 Å². The smallest absolute Gasteiger partial charge is 0.280 e. The fourth-order valence-electron chi connectivity index (χ4n) is 0.828. The van der Waals surface area contributed by atoms with Crippen LogP contribution in [0.2, 0.25) is 0 Å². The van der Waals surface area contributed by atoms with Crippen LogP contribution in [0.4, 0.5) is 0 Å². The van der Waals surface area contributed by atoms with Crippen LogP contribution < -0.4 is 0 Å².